The normalized spacial score (nSPS) is 20.1. The lowest BCUT2D eigenvalue weighted by Gasteiger charge is -2.30. The molecule has 2 N–H and O–H groups in total. The Hall–Kier alpha value is -1.84. The van der Waals surface area contributed by atoms with Gasteiger partial charge < -0.3 is 20.1 Å². The molecule has 2 aliphatic heterocycles. The molecule has 1 atom stereocenters. The van der Waals surface area contributed by atoms with Gasteiger partial charge in [-0.25, -0.2) is 15.0 Å². The molecule has 0 aromatic carbocycles. The molecule has 4 heterocycles. The lowest BCUT2D eigenvalue weighted by atomic mass is 10.0. The Kier molecular flexibility index (Phi) is 6.56. The van der Waals surface area contributed by atoms with E-state index in [1.807, 2.05) is 23.0 Å². The number of piperidine rings is 1. The monoisotopic (exact) mass is 409 g/mol. The summed E-state index contributed by atoms with van der Waals surface area (Å²) in [4.78, 5) is 33.3. The van der Waals surface area contributed by atoms with Crippen LogP contribution in [0.2, 0.25) is 0 Å². The zero-order valence-electron chi connectivity index (χ0n) is 15.2. The van der Waals surface area contributed by atoms with Crippen LogP contribution in [-0.2, 0) is 4.79 Å². The van der Waals surface area contributed by atoms with E-state index < -0.39 is 0 Å². The number of thioether (sulfide) groups is 1. The van der Waals surface area contributed by atoms with Crippen molar-refractivity contribution in [3.05, 3.63) is 23.8 Å². The number of carbonyl (C=O) groups excluding carboxylic acids is 1. The van der Waals surface area contributed by atoms with Crippen LogP contribution >= 0.6 is 24.2 Å². The maximum Gasteiger partial charge on any atom is 0.261 e. The SMILES string of the molecule is CN(C[C@H]1CCCCN1)C(=O)C1=CN(c2ncnc3[nH]cnc23)CCS1.Cl. The third-order valence-electron chi connectivity index (χ3n) is 4.80. The predicted molar refractivity (Wildman–Crippen MR) is 110 cm³/mol. The quantitative estimate of drug-likeness (QED) is 0.795. The smallest absolute Gasteiger partial charge is 0.261 e. The standard InChI is InChI=1S/C17H23N7OS.ClH/c1-23(8-12-4-2-3-5-18-12)17(25)13-9-24(6-7-26-13)16-14-15(20-10-19-14)21-11-22-16;/h9-12,18H,2-8H2,1H3,(H,19,20,21,22);1H/t12-;/m1./s1. The average molecular weight is 410 g/mol. The molecule has 27 heavy (non-hydrogen) atoms. The van der Waals surface area contributed by atoms with Crippen molar-refractivity contribution in [1.29, 1.82) is 0 Å². The molecule has 0 spiro atoms. The summed E-state index contributed by atoms with van der Waals surface area (Å²) in [5, 5.41) is 3.50. The van der Waals surface area contributed by atoms with Gasteiger partial charge in [0.2, 0.25) is 0 Å². The lowest BCUT2D eigenvalue weighted by Crippen LogP contribution is -2.44. The van der Waals surface area contributed by atoms with Gasteiger partial charge in [0.15, 0.2) is 17.0 Å². The van der Waals surface area contributed by atoms with E-state index >= 15 is 0 Å². The van der Waals surface area contributed by atoms with Gasteiger partial charge in [0.05, 0.1) is 11.2 Å². The first kappa shape index (κ1) is 19.9. The van der Waals surface area contributed by atoms with Gasteiger partial charge in [-0.1, -0.05) is 6.42 Å². The van der Waals surface area contributed by atoms with Crippen LogP contribution in [-0.4, -0.2) is 69.2 Å². The molecule has 2 aliphatic rings. The Labute approximate surface area is 168 Å². The molecule has 1 fully saturated rings. The second-order valence-corrected chi connectivity index (χ2v) is 7.80. The molecule has 2 aromatic rings. The number of amides is 1. The highest BCUT2D eigenvalue weighted by Crippen LogP contribution is 2.29. The molecule has 2 aromatic heterocycles. The Morgan fingerprint density at radius 2 is 2.26 bits per heavy atom. The van der Waals surface area contributed by atoms with Crippen molar-refractivity contribution < 1.29 is 4.79 Å². The fourth-order valence-corrected chi connectivity index (χ4v) is 4.41. The molecule has 0 unspecified atom stereocenters. The Morgan fingerprint density at radius 1 is 1.37 bits per heavy atom. The minimum Gasteiger partial charge on any atom is -0.340 e. The number of anilines is 1. The third-order valence-corrected chi connectivity index (χ3v) is 5.77. The number of H-pyrrole nitrogens is 1. The van der Waals surface area contributed by atoms with E-state index in [1.165, 1.54) is 19.2 Å². The fourth-order valence-electron chi connectivity index (χ4n) is 3.42. The van der Waals surface area contributed by atoms with E-state index in [0.29, 0.717) is 11.7 Å². The number of carbonyl (C=O) groups is 1. The Balaban J connectivity index is 0.00000210. The zero-order valence-corrected chi connectivity index (χ0v) is 16.9. The molecule has 146 valence electrons. The number of halogens is 1. The van der Waals surface area contributed by atoms with Crippen molar-refractivity contribution in [2.24, 2.45) is 0 Å². The first-order valence-electron chi connectivity index (χ1n) is 8.96. The van der Waals surface area contributed by atoms with Gasteiger partial charge in [0, 0.05) is 38.1 Å². The number of nitrogens with zero attached hydrogens (tertiary/aromatic N) is 5. The highest BCUT2D eigenvalue weighted by Gasteiger charge is 2.25. The zero-order chi connectivity index (χ0) is 17.9. The molecule has 1 saturated heterocycles. The first-order valence-corrected chi connectivity index (χ1v) is 9.95. The average Bonchev–Trinajstić information content (AvgIpc) is 3.17. The van der Waals surface area contributed by atoms with Gasteiger partial charge in [0.25, 0.3) is 5.91 Å². The number of rotatable bonds is 4. The number of aromatic nitrogens is 4. The van der Waals surface area contributed by atoms with Crippen molar-refractivity contribution >= 4 is 47.1 Å². The molecule has 0 aliphatic carbocycles. The number of hydrogen-bond donors (Lipinski definition) is 2. The second-order valence-electron chi connectivity index (χ2n) is 6.66. The summed E-state index contributed by atoms with van der Waals surface area (Å²) in [5.74, 6) is 1.64. The van der Waals surface area contributed by atoms with Gasteiger partial charge in [-0.05, 0) is 19.4 Å². The van der Waals surface area contributed by atoms with Crippen molar-refractivity contribution in [3.63, 3.8) is 0 Å². The van der Waals surface area contributed by atoms with Gasteiger partial charge in [-0.15, -0.1) is 24.2 Å². The van der Waals surface area contributed by atoms with Crippen LogP contribution in [0, 0.1) is 0 Å². The molecule has 8 nitrogen and oxygen atoms in total. The van der Waals surface area contributed by atoms with E-state index in [1.54, 1.807) is 18.1 Å². The van der Waals surface area contributed by atoms with Gasteiger partial charge in [-0.2, -0.15) is 0 Å². The van der Waals surface area contributed by atoms with Crippen LogP contribution in [0.25, 0.3) is 11.2 Å². The van der Waals surface area contributed by atoms with Gasteiger partial charge in [0.1, 0.15) is 6.33 Å². The highest BCUT2D eigenvalue weighted by molar-refractivity contribution is 8.04. The number of fused-ring (bicyclic) bond motifs is 1. The van der Waals surface area contributed by atoms with Crippen molar-refractivity contribution in [3.8, 4) is 0 Å². The predicted octanol–water partition coefficient (Wildman–Crippen LogP) is 1.77. The Bertz CT molecular complexity index is 820. The van der Waals surface area contributed by atoms with Crippen molar-refractivity contribution in [2.45, 2.75) is 25.3 Å². The molecule has 4 rings (SSSR count). The Morgan fingerprint density at radius 3 is 3.07 bits per heavy atom. The molecule has 0 radical (unpaired) electrons. The molecule has 10 heteroatoms. The van der Waals surface area contributed by atoms with Crippen LogP contribution in [0.5, 0.6) is 0 Å². The van der Waals surface area contributed by atoms with Crippen molar-refractivity contribution in [1.82, 2.24) is 30.2 Å². The maximum absolute atomic E-state index is 12.9. The summed E-state index contributed by atoms with van der Waals surface area (Å²) in [6.07, 6.45) is 8.63. The van der Waals surface area contributed by atoms with Crippen LogP contribution in [0.1, 0.15) is 19.3 Å². The van der Waals surface area contributed by atoms with E-state index in [-0.39, 0.29) is 18.3 Å². The minimum atomic E-state index is 0. The van der Waals surface area contributed by atoms with Crippen LogP contribution < -0.4 is 10.2 Å². The van der Waals surface area contributed by atoms with E-state index in [4.69, 9.17) is 0 Å². The largest absolute Gasteiger partial charge is 0.340 e. The first-order chi connectivity index (χ1) is 12.7. The summed E-state index contributed by atoms with van der Waals surface area (Å²) in [6.45, 7) is 2.58. The topological polar surface area (TPSA) is 90.0 Å². The highest BCUT2D eigenvalue weighted by atomic mass is 35.5. The van der Waals surface area contributed by atoms with E-state index in [9.17, 15) is 4.79 Å². The molecular formula is C17H24ClN7OS. The van der Waals surface area contributed by atoms with E-state index in [2.05, 4.69) is 25.3 Å². The van der Waals surface area contributed by atoms with Gasteiger partial charge in [-0.3, -0.25) is 4.79 Å². The van der Waals surface area contributed by atoms with E-state index in [0.717, 1.165) is 48.0 Å². The fraction of sp³-hybridized carbons (Fsp3) is 0.529. The number of imidazole rings is 1. The summed E-state index contributed by atoms with van der Waals surface area (Å²) in [5.41, 5.74) is 1.43. The lowest BCUT2D eigenvalue weighted by molar-refractivity contribution is -0.125. The van der Waals surface area contributed by atoms with Crippen LogP contribution in [0.4, 0.5) is 5.82 Å². The maximum atomic E-state index is 12.9. The van der Waals surface area contributed by atoms with Crippen molar-refractivity contribution in [2.75, 3.05) is 37.3 Å². The summed E-state index contributed by atoms with van der Waals surface area (Å²) < 4.78 is 0. The second kappa shape index (κ2) is 8.90. The molecule has 1 amide bonds. The minimum absolute atomic E-state index is 0. The number of likely N-dealkylation sites (N-methyl/N-ethyl adjacent to an activating group) is 1. The van der Waals surface area contributed by atoms with Crippen LogP contribution in [0.3, 0.4) is 0 Å². The molecular weight excluding hydrogens is 386 g/mol. The number of aromatic amines is 1. The molecule has 0 saturated carbocycles. The number of hydrogen-bond acceptors (Lipinski definition) is 7. The summed E-state index contributed by atoms with van der Waals surface area (Å²) >= 11 is 1.60. The summed E-state index contributed by atoms with van der Waals surface area (Å²) in [7, 11) is 1.88. The third kappa shape index (κ3) is 4.36. The van der Waals surface area contributed by atoms with Crippen LogP contribution in [0.15, 0.2) is 23.8 Å². The van der Waals surface area contributed by atoms with Gasteiger partial charge >= 0.3 is 0 Å². The molecule has 0 bridgehead atoms. The summed E-state index contributed by atoms with van der Waals surface area (Å²) in [6, 6.07) is 0.397. The number of nitrogens with one attached hydrogen (secondary N) is 2.